The maximum absolute atomic E-state index is 5.68. The van der Waals surface area contributed by atoms with Gasteiger partial charge in [0.1, 0.15) is 0 Å². The van der Waals surface area contributed by atoms with E-state index in [9.17, 15) is 0 Å². The van der Waals surface area contributed by atoms with Crippen LogP contribution in [0.4, 0.5) is 0 Å². The van der Waals surface area contributed by atoms with Crippen LogP contribution in [0.2, 0.25) is 10.6 Å². The molecule has 0 N–H and O–H groups in total. The van der Waals surface area contributed by atoms with Gasteiger partial charge in [-0.25, -0.2) is 19.9 Å². The van der Waals surface area contributed by atoms with Crippen LogP contribution < -0.4 is 0 Å². The third-order valence-corrected chi connectivity index (χ3v) is 2.37. The summed E-state index contributed by atoms with van der Waals surface area (Å²) in [5.74, 6) is 0. The summed E-state index contributed by atoms with van der Waals surface area (Å²) in [7, 11) is 0. The van der Waals surface area contributed by atoms with Crippen molar-refractivity contribution in [2.45, 2.75) is 12.8 Å². The predicted octanol–water partition coefficient (Wildman–Crippen LogP) is 2.36. The first-order valence-corrected chi connectivity index (χ1v) is 5.44. The molecule has 0 aliphatic heterocycles. The second kappa shape index (κ2) is 5.18. The number of hydrogen-bond donors (Lipinski definition) is 0. The number of rotatable bonds is 3. The zero-order valence-corrected chi connectivity index (χ0v) is 9.78. The van der Waals surface area contributed by atoms with Crippen LogP contribution in [0.25, 0.3) is 0 Å². The van der Waals surface area contributed by atoms with Crippen molar-refractivity contribution in [1.82, 2.24) is 19.9 Å². The molecular formula is C10H8Cl2N4. The molecule has 2 heterocycles. The fourth-order valence-corrected chi connectivity index (χ4v) is 1.60. The van der Waals surface area contributed by atoms with Gasteiger partial charge in [0.2, 0.25) is 10.6 Å². The molecule has 0 aromatic carbocycles. The Balaban J connectivity index is 2.02. The lowest BCUT2D eigenvalue weighted by atomic mass is 10.2. The minimum absolute atomic E-state index is 0.262. The Morgan fingerprint density at radius 3 is 1.62 bits per heavy atom. The van der Waals surface area contributed by atoms with Gasteiger partial charge in [-0.1, -0.05) is 0 Å². The van der Waals surface area contributed by atoms with Crippen molar-refractivity contribution in [1.29, 1.82) is 0 Å². The molecule has 0 unspecified atom stereocenters. The van der Waals surface area contributed by atoms with Crippen molar-refractivity contribution in [3.05, 3.63) is 46.5 Å². The molecule has 2 aromatic heterocycles. The Bertz CT molecular complexity index is 444. The molecule has 0 spiro atoms. The Morgan fingerprint density at radius 1 is 0.812 bits per heavy atom. The summed E-state index contributed by atoms with van der Waals surface area (Å²) in [6, 6.07) is 3.66. The van der Waals surface area contributed by atoms with Gasteiger partial charge in [-0.3, -0.25) is 0 Å². The molecule has 2 rings (SSSR count). The highest BCUT2D eigenvalue weighted by Gasteiger charge is 2.00. The van der Waals surface area contributed by atoms with E-state index in [4.69, 9.17) is 23.2 Å². The van der Waals surface area contributed by atoms with E-state index < -0.39 is 0 Å². The van der Waals surface area contributed by atoms with Crippen LogP contribution in [0.1, 0.15) is 11.4 Å². The minimum atomic E-state index is 0.262. The van der Waals surface area contributed by atoms with Crippen LogP contribution >= 0.6 is 23.2 Å². The summed E-state index contributed by atoms with van der Waals surface area (Å²) in [5, 5.41) is 0.524. The van der Waals surface area contributed by atoms with Gasteiger partial charge >= 0.3 is 0 Å². The Hall–Kier alpha value is -1.26. The highest BCUT2D eigenvalue weighted by atomic mass is 35.5. The van der Waals surface area contributed by atoms with Gasteiger partial charge < -0.3 is 0 Å². The standard InChI is InChI=1S/C10H8Cl2N4/c11-9-13-5-3-7(15-9)1-2-8-4-6-14-10(12)16-8/h3-6H,1-2H2. The maximum atomic E-state index is 5.68. The molecule has 82 valence electrons. The molecule has 0 aliphatic carbocycles. The van der Waals surface area contributed by atoms with E-state index in [1.807, 2.05) is 12.1 Å². The molecule has 4 nitrogen and oxygen atoms in total. The van der Waals surface area contributed by atoms with Crippen LogP contribution in [0.3, 0.4) is 0 Å². The third kappa shape index (κ3) is 3.12. The summed E-state index contributed by atoms with van der Waals surface area (Å²) in [6.07, 6.45) is 4.76. The first-order valence-electron chi connectivity index (χ1n) is 4.69. The summed E-state index contributed by atoms with van der Waals surface area (Å²) >= 11 is 11.4. The highest BCUT2D eigenvalue weighted by Crippen LogP contribution is 2.07. The average molecular weight is 255 g/mol. The Kier molecular flexibility index (Phi) is 3.64. The van der Waals surface area contributed by atoms with E-state index in [0.29, 0.717) is 0 Å². The molecule has 16 heavy (non-hydrogen) atoms. The van der Waals surface area contributed by atoms with Crippen molar-refractivity contribution < 1.29 is 0 Å². The minimum Gasteiger partial charge on any atom is -0.227 e. The second-order valence-corrected chi connectivity index (χ2v) is 3.81. The van der Waals surface area contributed by atoms with Gasteiger partial charge in [0.25, 0.3) is 0 Å². The molecule has 0 aliphatic rings. The van der Waals surface area contributed by atoms with Crippen molar-refractivity contribution in [2.24, 2.45) is 0 Å². The fraction of sp³-hybridized carbons (Fsp3) is 0.200. The molecule has 2 aromatic rings. The van der Waals surface area contributed by atoms with Crippen molar-refractivity contribution in [3.63, 3.8) is 0 Å². The zero-order chi connectivity index (χ0) is 11.4. The van der Waals surface area contributed by atoms with Crippen LogP contribution in [0.15, 0.2) is 24.5 Å². The average Bonchev–Trinajstić information content (AvgIpc) is 2.27. The second-order valence-electron chi connectivity index (χ2n) is 3.13. The molecule has 0 atom stereocenters. The molecule has 6 heteroatoms. The molecule has 0 bridgehead atoms. The lowest BCUT2D eigenvalue weighted by molar-refractivity contribution is 0.863. The molecule has 0 radical (unpaired) electrons. The number of halogens is 2. The van der Waals surface area contributed by atoms with Crippen molar-refractivity contribution in [3.8, 4) is 0 Å². The summed E-state index contributed by atoms with van der Waals surface area (Å²) in [5.41, 5.74) is 1.77. The van der Waals surface area contributed by atoms with Gasteiger partial charge in [0.15, 0.2) is 0 Å². The van der Waals surface area contributed by atoms with Crippen molar-refractivity contribution >= 4 is 23.2 Å². The number of hydrogen-bond acceptors (Lipinski definition) is 4. The van der Waals surface area contributed by atoms with E-state index in [2.05, 4.69) is 19.9 Å². The lowest BCUT2D eigenvalue weighted by Crippen LogP contribution is -1.98. The van der Waals surface area contributed by atoms with E-state index in [0.717, 1.165) is 24.2 Å². The van der Waals surface area contributed by atoms with Gasteiger partial charge in [-0.2, -0.15) is 0 Å². The lowest BCUT2D eigenvalue weighted by Gasteiger charge is -2.00. The first-order chi connectivity index (χ1) is 7.74. The number of aromatic nitrogens is 4. The molecule has 0 saturated heterocycles. The maximum Gasteiger partial charge on any atom is 0.222 e. The highest BCUT2D eigenvalue weighted by molar-refractivity contribution is 6.28. The fourth-order valence-electron chi connectivity index (χ4n) is 1.27. The predicted molar refractivity (Wildman–Crippen MR) is 61.5 cm³/mol. The summed E-state index contributed by atoms with van der Waals surface area (Å²) in [6.45, 7) is 0. The summed E-state index contributed by atoms with van der Waals surface area (Å²) < 4.78 is 0. The zero-order valence-electron chi connectivity index (χ0n) is 8.27. The van der Waals surface area contributed by atoms with Crippen LogP contribution in [-0.4, -0.2) is 19.9 Å². The Morgan fingerprint density at radius 2 is 1.25 bits per heavy atom. The molecular weight excluding hydrogens is 247 g/mol. The van der Waals surface area contributed by atoms with Crippen LogP contribution in [0, 0.1) is 0 Å². The molecule has 0 saturated carbocycles. The molecule has 0 fully saturated rings. The third-order valence-electron chi connectivity index (χ3n) is 2.00. The smallest absolute Gasteiger partial charge is 0.222 e. The van der Waals surface area contributed by atoms with Gasteiger partial charge in [0, 0.05) is 23.8 Å². The topological polar surface area (TPSA) is 51.6 Å². The molecule has 0 amide bonds. The van der Waals surface area contributed by atoms with Crippen molar-refractivity contribution in [2.75, 3.05) is 0 Å². The van der Waals surface area contributed by atoms with Gasteiger partial charge in [-0.05, 0) is 48.2 Å². The Labute approximate surface area is 103 Å². The largest absolute Gasteiger partial charge is 0.227 e. The first kappa shape index (κ1) is 11.2. The van der Waals surface area contributed by atoms with Crippen LogP contribution in [-0.2, 0) is 12.8 Å². The van der Waals surface area contributed by atoms with E-state index in [1.54, 1.807) is 12.4 Å². The monoisotopic (exact) mass is 254 g/mol. The van der Waals surface area contributed by atoms with Gasteiger partial charge in [-0.15, -0.1) is 0 Å². The van der Waals surface area contributed by atoms with E-state index in [1.165, 1.54) is 0 Å². The normalized spacial score (nSPS) is 10.4. The number of nitrogens with zero attached hydrogens (tertiary/aromatic N) is 4. The van der Waals surface area contributed by atoms with E-state index in [-0.39, 0.29) is 10.6 Å². The van der Waals surface area contributed by atoms with E-state index >= 15 is 0 Å². The quantitative estimate of drug-likeness (QED) is 0.790. The SMILES string of the molecule is Clc1nccc(CCc2ccnc(Cl)n2)n1. The summed E-state index contributed by atoms with van der Waals surface area (Å²) in [4.78, 5) is 15.8. The van der Waals surface area contributed by atoms with Crippen LogP contribution in [0.5, 0.6) is 0 Å². The van der Waals surface area contributed by atoms with Gasteiger partial charge in [0.05, 0.1) is 0 Å². The number of aryl methyl sites for hydroxylation is 2.